The van der Waals surface area contributed by atoms with Crippen LogP contribution < -0.4 is 5.73 Å². The molecule has 0 saturated carbocycles. The van der Waals surface area contributed by atoms with Crippen LogP contribution in [0, 0.1) is 0 Å². The van der Waals surface area contributed by atoms with Crippen LogP contribution in [0.5, 0.6) is 0 Å². The molecule has 0 aliphatic rings. The Morgan fingerprint density at radius 1 is 0.857 bits per heavy atom. The summed E-state index contributed by atoms with van der Waals surface area (Å²) in [5.41, 5.74) is 5.32. The molecule has 89 valence electrons. The summed E-state index contributed by atoms with van der Waals surface area (Å²) in [5, 5.41) is 0. The van der Waals surface area contributed by atoms with Gasteiger partial charge in [0.05, 0.1) is 0 Å². The van der Waals surface area contributed by atoms with Crippen LogP contribution in [0.2, 0.25) is 0 Å². The van der Waals surface area contributed by atoms with Crippen LogP contribution >= 0.6 is 0 Å². The molecule has 0 rings (SSSR count). The minimum Gasteiger partial charge on any atom is -0.381 e. The van der Waals surface area contributed by atoms with Crippen LogP contribution in [-0.4, -0.2) is 33.0 Å². The largest absolute Gasteiger partial charge is 0.381 e. The summed E-state index contributed by atoms with van der Waals surface area (Å²) in [4.78, 5) is 0. The van der Waals surface area contributed by atoms with E-state index in [2.05, 4.69) is 6.92 Å². The molecule has 2 N–H and O–H groups in total. The molecule has 0 atom stereocenters. The fourth-order valence-electron chi connectivity index (χ4n) is 0.899. The van der Waals surface area contributed by atoms with Gasteiger partial charge in [-0.3, -0.25) is 0 Å². The van der Waals surface area contributed by atoms with E-state index in [0.717, 1.165) is 45.7 Å². The Morgan fingerprint density at radius 2 is 1.36 bits per heavy atom. The number of unbranched alkanes of at least 4 members (excludes halogenated alkanes) is 1. The van der Waals surface area contributed by atoms with Crippen LogP contribution in [0.3, 0.4) is 0 Å². The van der Waals surface area contributed by atoms with Crippen molar-refractivity contribution < 1.29 is 29.0 Å². The van der Waals surface area contributed by atoms with Crippen LogP contribution in [0.15, 0.2) is 0 Å². The zero-order chi connectivity index (χ0) is 9.78. The van der Waals surface area contributed by atoms with Crippen LogP contribution in [0.4, 0.5) is 0 Å². The van der Waals surface area contributed by atoms with E-state index >= 15 is 0 Å². The molecular weight excluding hydrogens is 269 g/mol. The van der Waals surface area contributed by atoms with Gasteiger partial charge in [-0.15, -0.1) is 0 Å². The van der Waals surface area contributed by atoms with Crippen molar-refractivity contribution in [2.24, 2.45) is 5.73 Å². The Labute approximate surface area is 100 Å². The quantitative estimate of drug-likeness (QED) is 0.491. The van der Waals surface area contributed by atoms with Crippen molar-refractivity contribution in [3.05, 3.63) is 0 Å². The van der Waals surface area contributed by atoms with E-state index in [1.54, 1.807) is 0 Å². The van der Waals surface area contributed by atoms with Gasteiger partial charge in [-0.1, -0.05) is 13.3 Å². The first-order chi connectivity index (χ1) is 6.41. The first kappa shape index (κ1) is 16.9. The second kappa shape index (κ2) is 16.0. The molecule has 0 aliphatic heterocycles. The average molecular weight is 292 g/mol. The molecule has 0 unspecified atom stereocenters. The molecule has 0 aliphatic carbocycles. The van der Waals surface area contributed by atoms with Crippen molar-refractivity contribution in [2.75, 3.05) is 33.0 Å². The first-order valence-electron chi connectivity index (χ1n) is 5.27. The Hall–Kier alpha value is 0.503. The van der Waals surface area contributed by atoms with Gasteiger partial charge in [0, 0.05) is 45.9 Å². The number of hydrogen-bond donors (Lipinski definition) is 1. The molecule has 14 heavy (non-hydrogen) atoms. The number of ether oxygens (including phenoxy) is 2. The van der Waals surface area contributed by atoms with Crippen molar-refractivity contribution in [1.29, 1.82) is 0 Å². The molecule has 4 heteroatoms. The fraction of sp³-hybridized carbons (Fsp3) is 1.00. The normalized spacial score (nSPS) is 9.86. The third kappa shape index (κ3) is 15.0. The number of nitrogens with two attached hydrogens (primary N) is 1. The first-order valence-corrected chi connectivity index (χ1v) is 5.27. The monoisotopic (exact) mass is 292 g/mol. The molecule has 0 heterocycles. The number of hydrogen-bond acceptors (Lipinski definition) is 3. The van der Waals surface area contributed by atoms with Gasteiger partial charge in [0.25, 0.3) is 0 Å². The molecule has 0 saturated heterocycles. The van der Waals surface area contributed by atoms with Gasteiger partial charge in [0.2, 0.25) is 0 Å². The van der Waals surface area contributed by atoms with Gasteiger partial charge in [-0.25, -0.2) is 0 Å². The second-order valence-corrected chi connectivity index (χ2v) is 3.07. The Morgan fingerprint density at radius 3 is 1.86 bits per heavy atom. The Balaban J connectivity index is 0. The summed E-state index contributed by atoms with van der Waals surface area (Å²) in [7, 11) is 0. The topological polar surface area (TPSA) is 44.5 Å². The van der Waals surface area contributed by atoms with Crippen molar-refractivity contribution >= 4 is 0 Å². The summed E-state index contributed by atoms with van der Waals surface area (Å²) in [5.74, 6) is 0. The van der Waals surface area contributed by atoms with Crippen LogP contribution in [-0.2, 0) is 29.0 Å². The standard InChI is InChI=1S/C10H23NO2.Rh/c1-2-3-7-12-9-5-10-13-8-4-6-11;/h2-11H2,1H3;. The Kier molecular flexibility index (Phi) is 19.3. The molecule has 0 spiro atoms. The molecule has 3 nitrogen and oxygen atoms in total. The smallest absolute Gasteiger partial charge is 0.0487 e. The Bertz CT molecular complexity index is 84.2. The van der Waals surface area contributed by atoms with Crippen molar-refractivity contribution in [1.82, 2.24) is 0 Å². The predicted octanol–water partition coefficient (Wildman–Crippen LogP) is 1.56. The molecule has 0 aromatic heterocycles. The SMILES string of the molecule is CCCCOCCCOCCCN.[Rh]. The summed E-state index contributed by atoms with van der Waals surface area (Å²) < 4.78 is 10.7. The van der Waals surface area contributed by atoms with Gasteiger partial charge in [0.1, 0.15) is 0 Å². The van der Waals surface area contributed by atoms with Gasteiger partial charge in [-0.2, -0.15) is 0 Å². The minimum atomic E-state index is 0. The van der Waals surface area contributed by atoms with Gasteiger partial charge < -0.3 is 15.2 Å². The van der Waals surface area contributed by atoms with E-state index in [0.29, 0.717) is 6.54 Å². The molecule has 0 aromatic carbocycles. The fourth-order valence-corrected chi connectivity index (χ4v) is 0.899. The van der Waals surface area contributed by atoms with Crippen molar-refractivity contribution in [3.8, 4) is 0 Å². The third-order valence-electron chi connectivity index (χ3n) is 1.71. The van der Waals surface area contributed by atoms with E-state index in [-0.39, 0.29) is 19.5 Å². The number of rotatable bonds is 10. The van der Waals surface area contributed by atoms with Crippen LogP contribution in [0.1, 0.15) is 32.6 Å². The molecular formula is C10H23NO2Rh. The molecule has 0 amide bonds. The molecule has 0 bridgehead atoms. The van der Waals surface area contributed by atoms with Crippen molar-refractivity contribution in [3.63, 3.8) is 0 Å². The van der Waals surface area contributed by atoms with Crippen LogP contribution in [0.25, 0.3) is 0 Å². The average Bonchev–Trinajstić information content (AvgIpc) is 2.16. The maximum atomic E-state index is 5.38. The van der Waals surface area contributed by atoms with E-state index in [1.165, 1.54) is 6.42 Å². The minimum absolute atomic E-state index is 0. The van der Waals surface area contributed by atoms with Gasteiger partial charge in [-0.05, 0) is 25.8 Å². The zero-order valence-corrected chi connectivity index (χ0v) is 10.7. The summed E-state index contributed by atoms with van der Waals surface area (Å²) >= 11 is 0. The molecule has 0 fully saturated rings. The van der Waals surface area contributed by atoms with E-state index in [1.807, 2.05) is 0 Å². The maximum absolute atomic E-state index is 5.38. The second-order valence-electron chi connectivity index (χ2n) is 3.07. The van der Waals surface area contributed by atoms with E-state index < -0.39 is 0 Å². The zero-order valence-electron chi connectivity index (χ0n) is 9.09. The van der Waals surface area contributed by atoms with Gasteiger partial charge >= 0.3 is 0 Å². The summed E-state index contributed by atoms with van der Waals surface area (Å²) in [6.07, 6.45) is 4.31. The van der Waals surface area contributed by atoms with E-state index in [4.69, 9.17) is 15.2 Å². The molecule has 1 radical (unpaired) electrons. The van der Waals surface area contributed by atoms with Crippen molar-refractivity contribution in [2.45, 2.75) is 32.6 Å². The molecule has 0 aromatic rings. The van der Waals surface area contributed by atoms with E-state index in [9.17, 15) is 0 Å². The predicted molar refractivity (Wildman–Crippen MR) is 54.8 cm³/mol. The van der Waals surface area contributed by atoms with Gasteiger partial charge in [0.15, 0.2) is 0 Å². The maximum Gasteiger partial charge on any atom is 0.0487 e. The summed E-state index contributed by atoms with van der Waals surface area (Å²) in [6, 6.07) is 0. The summed E-state index contributed by atoms with van der Waals surface area (Å²) in [6.45, 7) is 6.17. The third-order valence-corrected chi connectivity index (χ3v) is 1.71.